The molecule has 5 heteroatoms. The van der Waals surface area contributed by atoms with E-state index in [-0.39, 0.29) is 6.42 Å². The van der Waals surface area contributed by atoms with Gasteiger partial charge in [0.25, 0.3) is 6.43 Å². The number of aromatic nitrogens is 2. The van der Waals surface area contributed by atoms with Gasteiger partial charge in [0.05, 0.1) is 0 Å². The predicted molar refractivity (Wildman–Crippen MR) is 43.5 cm³/mol. The second kappa shape index (κ2) is 4.32. The van der Waals surface area contributed by atoms with E-state index in [1.54, 1.807) is 24.0 Å². The maximum absolute atomic E-state index is 11.9. The third-order valence-electron chi connectivity index (χ3n) is 1.88. The van der Waals surface area contributed by atoms with Crippen molar-refractivity contribution in [2.24, 2.45) is 7.05 Å². The molecule has 1 aromatic rings. The van der Waals surface area contributed by atoms with E-state index in [0.717, 1.165) is 0 Å². The minimum atomic E-state index is -2.67. The summed E-state index contributed by atoms with van der Waals surface area (Å²) in [7, 11) is 1.79. The Hall–Kier alpha value is -0.970. The topological polar surface area (TPSA) is 38.0 Å². The van der Waals surface area contributed by atoms with Crippen molar-refractivity contribution in [2.75, 3.05) is 0 Å². The lowest BCUT2D eigenvalue weighted by Crippen LogP contribution is -2.18. The zero-order valence-electron chi connectivity index (χ0n) is 7.32. The highest BCUT2D eigenvalue weighted by Gasteiger charge is 2.16. The average Bonchev–Trinajstić information content (AvgIpc) is 2.47. The van der Waals surface area contributed by atoms with Gasteiger partial charge >= 0.3 is 0 Å². The van der Waals surface area contributed by atoms with Crippen molar-refractivity contribution in [1.29, 1.82) is 0 Å². The molecule has 0 spiro atoms. The molecule has 0 aliphatic heterocycles. The summed E-state index contributed by atoms with van der Waals surface area (Å²) in [4.78, 5) is 3.95. The molecular weight excluding hydrogens is 178 g/mol. The van der Waals surface area contributed by atoms with Crippen LogP contribution in [0.5, 0.6) is 0 Å². The van der Waals surface area contributed by atoms with Crippen LogP contribution in [0.4, 0.5) is 8.78 Å². The van der Waals surface area contributed by atoms with E-state index in [1.165, 1.54) is 0 Å². The van der Waals surface area contributed by atoms with Crippen LogP contribution in [0.15, 0.2) is 12.4 Å². The fraction of sp³-hybridized carbons (Fsp3) is 0.625. The van der Waals surface area contributed by atoms with E-state index in [0.29, 0.717) is 12.2 Å². The summed E-state index contributed by atoms with van der Waals surface area (Å²) in [6.45, 7) is 0. The van der Waals surface area contributed by atoms with Crippen molar-refractivity contribution in [3.8, 4) is 0 Å². The Bertz CT molecular complexity index is 262. The van der Waals surface area contributed by atoms with Crippen molar-refractivity contribution >= 4 is 0 Å². The van der Waals surface area contributed by atoms with Gasteiger partial charge in [-0.05, 0) is 6.42 Å². The monoisotopic (exact) mass is 190 g/mol. The van der Waals surface area contributed by atoms with Gasteiger partial charge in [0.1, 0.15) is 11.9 Å². The molecular formula is C8H12F2N2O. The van der Waals surface area contributed by atoms with E-state index < -0.39 is 12.5 Å². The molecule has 0 bridgehead atoms. The minimum Gasteiger partial charge on any atom is -0.387 e. The number of nitrogens with zero attached hydrogens (tertiary/aromatic N) is 2. The molecule has 3 nitrogen and oxygen atoms in total. The Morgan fingerprint density at radius 1 is 1.62 bits per heavy atom. The number of hydrogen-bond donors (Lipinski definition) is 1. The zero-order valence-corrected chi connectivity index (χ0v) is 7.32. The summed E-state index contributed by atoms with van der Waals surface area (Å²) in [5.74, 6) is 0.708. The fourth-order valence-corrected chi connectivity index (χ4v) is 1.04. The smallest absolute Gasteiger partial charge is 0.264 e. The lowest BCUT2D eigenvalue weighted by Gasteiger charge is -2.08. The Morgan fingerprint density at radius 3 is 2.77 bits per heavy atom. The molecule has 0 aromatic carbocycles. The van der Waals surface area contributed by atoms with Gasteiger partial charge in [0, 0.05) is 25.9 Å². The number of aryl methyl sites for hydroxylation is 2. The van der Waals surface area contributed by atoms with Crippen molar-refractivity contribution in [3.05, 3.63) is 18.2 Å². The molecule has 0 saturated carbocycles. The highest BCUT2D eigenvalue weighted by Crippen LogP contribution is 2.08. The van der Waals surface area contributed by atoms with Crippen molar-refractivity contribution < 1.29 is 13.9 Å². The van der Waals surface area contributed by atoms with E-state index in [4.69, 9.17) is 5.11 Å². The van der Waals surface area contributed by atoms with Crippen molar-refractivity contribution in [1.82, 2.24) is 9.55 Å². The molecule has 1 heterocycles. The van der Waals surface area contributed by atoms with Crippen LogP contribution < -0.4 is 0 Å². The first kappa shape index (κ1) is 10.1. The Labute approximate surface area is 75.0 Å². The minimum absolute atomic E-state index is 0.0442. The molecule has 0 radical (unpaired) electrons. The number of alkyl halides is 2. The zero-order chi connectivity index (χ0) is 9.84. The highest BCUT2D eigenvalue weighted by atomic mass is 19.3. The molecule has 1 N–H and O–H groups in total. The third-order valence-corrected chi connectivity index (χ3v) is 1.88. The fourth-order valence-electron chi connectivity index (χ4n) is 1.04. The average molecular weight is 190 g/mol. The summed E-state index contributed by atoms with van der Waals surface area (Å²) >= 11 is 0. The van der Waals surface area contributed by atoms with E-state index in [2.05, 4.69) is 4.98 Å². The predicted octanol–water partition coefficient (Wildman–Crippen LogP) is 0.979. The summed E-state index contributed by atoms with van der Waals surface area (Å²) in [6.07, 6.45) is -0.455. The number of hydrogen-bond acceptors (Lipinski definition) is 2. The van der Waals surface area contributed by atoms with Gasteiger partial charge in [-0.15, -0.1) is 0 Å². The molecule has 0 amide bonds. The molecule has 1 atom stereocenters. The van der Waals surface area contributed by atoms with Crippen molar-refractivity contribution in [2.45, 2.75) is 25.4 Å². The lowest BCUT2D eigenvalue weighted by molar-refractivity contribution is -0.00881. The van der Waals surface area contributed by atoms with Crippen LogP contribution in [0.25, 0.3) is 0 Å². The van der Waals surface area contributed by atoms with Crippen LogP contribution >= 0.6 is 0 Å². The van der Waals surface area contributed by atoms with Gasteiger partial charge < -0.3 is 9.67 Å². The number of halogens is 2. The van der Waals surface area contributed by atoms with E-state index in [1.807, 2.05) is 0 Å². The maximum Gasteiger partial charge on any atom is 0.264 e. The van der Waals surface area contributed by atoms with E-state index in [9.17, 15) is 8.78 Å². The van der Waals surface area contributed by atoms with Crippen LogP contribution in [-0.4, -0.2) is 27.2 Å². The second-order valence-corrected chi connectivity index (χ2v) is 2.89. The van der Waals surface area contributed by atoms with E-state index >= 15 is 0 Å². The number of aliphatic hydroxyl groups is 1. The Kier molecular flexibility index (Phi) is 3.36. The summed E-state index contributed by atoms with van der Waals surface area (Å²) in [5, 5.41) is 8.83. The largest absolute Gasteiger partial charge is 0.387 e. The highest BCUT2D eigenvalue weighted by molar-refractivity contribution is 4.91. The summed E-state index contributed by atoms with van der Waals surface area (Å²) < 4.78 is 25.5. The van der Waals surface area contributed by atoms with Crippen LogP contribution in [0.3, 0.4) is 0 Å². The molecule has 13 heavy (non-hydrogen) atoms. The number of rotatable bonds is 4. The molecule has 1 rings (SSSR count). The first-order valence-corrected chi connectivity index (χ1v) is 4.03. The molecule has 1 aromatic heterocycles. The van der Waals surface area contributed by atoms with Gasteiger partial charge in [0.2, 0.25) is 0 Å². The van der Waals surface area contributed by atoms with Crippen LogP contribution in [0.1, 0.15) is 12.2 Å². The normalized spacial score (nSPS) is 13.6. The number of imidazole rings is 1. The van der Waals surface area contributed by atoms with Crippen LogP contribution in [0, 0.1) is 0 Å². The second-order valence-electron chi connectivity index (χ2n) is 2.89. The SMILES string of the molecule is Cn1ccnc1CCC(O)C(F)F. The first-order chi connectivity index (χ1) is 6.11. The summed E-state index contributed by atoms with van der Waals surface area (Å²) in [6, 6.07) is 0. The standard InChI is InChI=1S/C8H12F2N2O/c1-12-5-4-11-7(12)3-2-6(13)8(9)10/h4-6,8,13H,2-3H2,1H3. The number of aliphatic hydroxyl groups excluding tert-OH is 1. The quantitative estimate of drug-likeness (QED) is 0.768. The van der Waals surface area contributed by atoms with Crippen LogP contribution in [-0.2, 0) is 13.5 Å². The molecule has 0 fully saturated rings. The maximum atomic E-state index is 11.9. The molecule has 0 saturated heterocycles. The van der Waals surface area contributed by atoms with Crippen molar-refractivity contribution in [3.63, 3.8) is 0 Å². The Morgan fingerprint density at radius 2 is 2.31 bits per heavy atom. The Balaban J connectivity index is 2.39. The van der Waals surface area contributed by atoms with Gasteiger partial charge in [-0.2, -0.15) is 0 Å². The molecule has 0 aliphatic rings. The van der Waals surface area contributed by atoms with Gasteiger partial charge in [-0.25, -0.2) is 13.8 Å². The van der Waals surface area contributed by atoms with Crippen LogP contribution in [0.2, 0.25) is 0 Å². The van der Waals surface area contributed by atoms with Gasteiger partial charge in [-0.3, -0.25) is 0 Å². The molecule has 0 aliphatic carbocycles. The molecule has 74 valence electrons. The van der Waals surface area contributed by atoms with Gasteiger partial charge in [0.15, 0.2) is 0 Å². The summed E-state index contributed by atoms with van der Waals surface area (Å²) in [5.41, 5.74) is 0. The lowest BCUT2D eigenvalue weighted by atomic mass is 10.2. The third kappa shape index (κ3) is 2.77. The van der Waals surface area contributed by atoms with Gasteiger partial charge in [-0.1, -0.05) is 0 Å². The molecule has 1 unspecified atom stereocenters. The first-order valence-electron chi connectivity index (χ1n) is 4.03.